The molecule has 0 bridgehead atoms. The van der Waals surface area contributed by atoms with Crippen molar-refractivity contribution in [1.29, 1.82) is 0 Å². The van der Waals surface area contributed by atoms with E-state index in [4.69, 9.17) is 0 Å². The van der Waals surface area contributed by atoms with Gasteiger partial charge in [0.2, 0.25) is 0 Å². The molecule has 27 heavy (non-hydrogen) atoms. The van der Waals surface area contributed by atoms with Crippen LogP contribution < -0.4 is 5.32 Å². The molecule has 5 nitrogen and oxygen atoms in total. The molecule has 2 aromatic rings. The molecule has 3 rings (SSSR count). The summed E-state index contributed by atoms with van der Waals surface area (Å²) in [6.07, 6.45) is 1.97. The number of carbonyl (C=O) groups excluding carboxylic acids is 1. The van der Waals surface area contributed by atoms with Gasteiger partial charge in [-0.2, -0.15) is 5.10 Å². The van der Waals surface area contributed by atoms with Gasteiger partial charge < -0.3 is 10.2 Å². The molecule has 1 aliphatic heterocycles. The van der Waals surface area contributed by atoms with Gasteiger partial charge in [-0.15, -0.1) is 0 Å². The van der Waals surface area contributed by atoms with Crippen molar-refractivity contribution in [3.05, 3.63) is 53.3 Å². The number of piperidine rings is 1. The molecule has 1 fully saturated rings. The van der Waals surface area contributed by atoms with Crippen LogP contribution in [0.3, 0.4) is 0 Å². The van der Waals surface area contributed by atoms with E-state index in [1.54, 1.807) is 0 Å². The molecule has 1 saturated heterocycles. The number of likely N-dealkylation sites (tertiary alicyclic amines) is 1. The van der Waals surface area contributed by atoms with Crippen molar-refractivity contribution in [2.45, 2.75) is 52.1 Å². The standard InChI is InChI=1S/C22H32N4O/c1-5-26-21(14-20(24-26)16(2)3)22(27)23-19-11-12-25(4)15-18(19)13-17-9-7-6-8-10-17/h6-10,14,16,18-19H,5,11-13,15H2,1-4H3,(H,23,27)/t18-,19+/m1/s1. The fourth-order valence-corrected chi connectivity index (χ4v) is 3.91. The van der Waals surface area contributed by atoms with E-state index >= 15 is 0 Å². The fraction of sp³-hybridized carbons (Fsp3) is 0.545. The van der Waals surface area contributed by atoms with E-state index in [2.05, 4.69) is 60.5 Å². The second-order valence-electron chi connectivity index (χ2n) is 8.01. The van der Waals surface area contributed by atoms with Crippen LogP contribution in [0.1, 0.15) is 54.9 Å². The maximum atomic E-state index is 13.0. The molecule has 0 radical (unpaired) electrons. The molecule has 1 aromatic heterocycles. The highest BCUT2D eigenvalue weighted by atomic mass is 16.2. The molecular weight excluding hydrogens is 336 g/mol. The lowest BCUT2D eigenvalue weighted by atomic mass is 9.86. The van der Waals surface area contributed by atoms with Crippen LogP contribution in [0, 0.1) is 5.92 Å². The lowest BCUT2D eigenvalue weighted by Crippen LogP contribution is -2.50. The fourth-order valence-electron chi connectivity index (χ4n) is 3.91. The van der Waals surface area contributed by atoms with Gasteiger partial charge in [0.25, 0.3) is 5.91 Å². The van der Waals surface area contributed by atoms with Crippen LogP contribution in [0.2, 0.25) is 0 Å². The Hall–Kier alpha value is -2.14. The van der Waals surface area contributed by atoms with Crippen molar-refractivity contribution in [3.63, 3.8) is 0 Å². The highest BCUT2D eigenvalue weighted by Gasteiger charge is 2.30. The molecule has 1 amide bonds. The monoisotopic (exact) mass is 368 g/mol. The van der Waals surface area contributed by atoms with Crippen molar-refractivity contribution in [2.75, 3.05) is 20.1 Å². The molecule has 1 aromatic carbocycles. The van der Waals surface area contributed by atoms with Gasteiger partial charge in [-0.1, -0.05) is 44.2 Å². The number of hydrogen-bond donors (Lipinski definition) is 1. The summed E-state index contributed by atoms with van der Waals surface area (Å²) in [6.45, 7) is 8.97. The van der Waals surface area contributed by atoms with Crippen LogP contribution in [0.15, 0.2) is 36.4 Å². The smallest absolute Gasteiger partial charge is 0.269 e. The number of amides is 1. The second-order valence-corrected chi connectivity index (χ2v) is 8.01. The van der Waals surface area contributed by atoms with Crippen LogP contribution in [-0.2, 0) is 13.0 Å². The first-order chi connectivity index (χ1) is 13.0. The Bertz CT molecular complexity index is 753. The predicted octanol–water partition coefficient (Wildman–Crippen LogP) is 3.32. The maximum Gasteiger partial charge on any atom is 0.269 e. The van der Waals surface area contributed by atoms with Crippen LogP contribution in [0.5, 0.6) is 0 Å². The molecule has 5 heteroatoms. The molecule has 0 spiro atoms. The van der Waals surface area contributed by atoms with E-state index in [1.165, 1.54) is 5.56 Å². The Balaban J connectivity index is 1.74. The number of nitrogens with zero attached hydrogens (tertiary/aromatic N) is 3. The highest BCUT2D eigenvalue weighted by molar-refractivity contribution is 5.93. The number of benzene rings is 1. The lowest BCUT2D eigenvalue weighted by Gasteiger charge is -2.37. The number of aromatic nitrogens is 2. The van der Waals surface area contributed by atoms with Gasteiger partial charge in [0.15, 0.2) is 0 Å². The Labute approximate surface area is 162 Å². The third kappa shape index (κ3) is 4.78. The van der Waals surface area contributed by atoms with Gasteiger partial charge in [-0.05, 0) is 56.8 Å². The molecule has 146 valence electrons. The zero-order chi connectivity index (χ0) is 19.4. The number of aryl methyl sites for hydroxylation is 1. The molecular formula is C22H32N4O. The zero-order valence-electron chi connectivity index (χ0n) is 17.0. The van der Waals surface area contributed by atoms with Gasteiger partial charge in [0.1, 0.15) is 5.69 Å². The average molecular weight is 369 g/mol. The molecule has 0 aliphatic carbocycles. The van der Waals surface area contributed by atoms with Gasteiger partial charge in [0, 0.05) is 19.1 Å². The van der Waals surface area contributed by atoms with Crippen molar-refractivity contribution in [1.82, 2.24) is 20.0 Å². The minimum atomic E-state index is 0.00358. The van der Waals surface area contributed by atoms with Crippen LogP contribution in [0.4, 0.5) is 0 Å². The normalized spacial score (nSPS) is 20.8. The minimum absolute atomic E-state index is 0.00358. The Morgan fingerprint density at radius 3 is 2.70 bits per heavy atom. The van der Waals surface area contributed by atoms with Crippen LogP contribution >= 0.6 is 0 Å². The first-order valence-electron chi connectivity index (χ1n) is 10.1. The highest BCUT2D eigenvalue weighted by Crippen LogP contribution is 2.22. The second kappa shape index (κ2) is 8.70. The van der Waals surface area contributed by atoms with E-state index in [0.717, 1.165) is 31.6 Å². The maximum absolute atomic E-state index is 13.0. The predicted molar refractivity (Wildman–Crippen MR) is 109 cm³/mol. The lowest BCUT2D eigenvalue weighted by molar-refractivity contribution is 0.0863. The number of hydrogen-bond acceptors (Lipinski definition) is 3. The van der Waals surface area contributed by atoms with E-state index in [9.17, 15) is 4.79 Å². The molecule has 1 aliphatic rings. The first-order valence-corrected chi connectivity index (χ1v) is 10.1. The summed E-state index contributed by atoms with van der Waals surface area (Å²) in [6, 6.07) is 12.7. The number of rotatable bonds is 6. The summed E-state index contributed by atoms with van der Waals surface area (Å²) < 4.78 is 1.83. The molecule has 1 N–H and O–H groups in total. The largest absolute Gasteiger partial charge is 0.348 e. The average Bonchev–Trinajstić information content (AvgIpc) is 3.10. The SMILES string of the molecule is CCn1nc(C(C)C)cc1C(=O)N[C@H]1CCN(C)C[C@H]1Cc1ccccc1. The number of carbonyl (C=O) groups is 1. The van der Waals surface area contributed by atoms with Crippen molar-refractivity contribution in [2.24, 2.45) is 5.92 Å². The van der Waals surface area contributed by atoms with E-state index in [-0.39, 0.29) is 11.9 Å². The summed E-state index contributed by atoms with van der Waals surface area (Å²) >= 11 is 0. The number of nitrogens with one attached hydrogen (secondary N) is 1. The zero-order valence-corrected chi connectivity index (χ0v) is 17.0. The van der Waals surface area contributed by atoms with Crippen molar-refractivity contribution >= 4 is 5.91 Å². The van der Waals surface area contributed by atoms with Gasteiger partial charge in [-0.3, -0.25) is 9.48 Å². The molecule has 0 unspecified atom stereocenters. The van der Waals surface area contributed by atoms with E-state index in [1.807, 2.05) is 23.7 Å². The third-order valence-corrected chi connectivity index (χ3v) is 5.52. The first kappa shape index (κ1) is 19.6. The van der Waals surface area contributed by atoms with Crippen molar-refractivity contribution in [3.8, 4) is 0 Å². The van der Waals surface area contributed by atoms with E-state index in [0.29, 0.717) is 24.1 Å². The topological polar surface area (TPSA) is 50.2 Å². The molecule has 2 atom stereocenters. The molecule has 0 saturated carbocycles. The minimum Gasteiger partial charge on any atom is -0.348 e. The summed E-state index contributed by atoms with van der Waals surface area (Å²) in [4.78, 5) is 15.4. The van der Waals surface area contributed by atoms with Crippen LogP contribution in [0.25, 0.3) is 0 Å². The Kier molecular flexibility index (Phi) is 6.32. The van der Waals surface area contributed by atoms with Gasteiger partial charge in [-0.25, -0.2) is 0 Å². The summed E-state index contributed by atoms with van der Waals surface area (Å²) in [5.41, 5.74) is 2.99. The Morgan fingerprint density at radius 2 is 2.04 bits per heavy atom. The summed E-state index contributed by atoms with van der Waals surface area (Å²) in [7, 11) is 2.16. The van der Waals surface area contributed by atoms with Gasteiger partial charge >= 0.3 is 0 Å². The third-order valence-electron chi connectivity index (χ3n) is 5.52. The quantitative estimate of drug-likeness (QED) is 0.851. The van der Waals surface area contributed by atoms with E-state index < -0.39 is 0 Å². The molecule has 2 heterocycles. The van der Waals surface area contributed by atoms with Gasteiger partial charge in [0.05, 0.1) is 5.69 Å². The summed E-state index contributed by atoms with van der Waals surface area (Å²) in [5.74, 6) is 0.736. The summed E-state index contributed by atoms with van der Waals surface area (Å²) in [5, 5.41) is 7.92. The van der Waals surface area contributed by atoms with Crippen molar-refractivity contribution < 1.29 is 4.79 Å². The van der Waals surface area contributed by atoms with Crippen LogP contribution in [-0.4, -0.2) is 46.8 Å². The Morgan fingerprint density at radius 1 is 1.30 bits per heavy atom.